The highest BCUT2D eigenvalue weighted by Gasteiger charge is 2.43. The number of aromatic nitrogens is 2. The average Bonchev–Trinajstić information content (AvgIpc) is 3.69. The second kappa shape index (κ2) is 10.8. The van der Waals surface area contributed by atoms with Crippen LogP contribution in [0.15, 0.2) is 126 Å². The molecule has 0 saturated carbocycles. The lowest BCUT2D eigenvalue weighted by atomic mass is 9.78. The Morgan fingerprint density at radius 2 is 1.66 bits per heavy atom. The van der Waals surface area contributed by atoms with Gasteiger partial charge in [-0.15, -0.1) is 0 Å². The molecule has 0 bridgehead atoms. The molecule has 0 spiro atoms. The van der Waals surface area contributed by atoms with Gasteiger partial charge < -0.3 is 4.42 Å². The smallest absolute Gasteiger partial charge is 0.304 e. The van der Waals surface area contributed by atoms with E-state index in [9.17, 15) is 0 Å². The van der Waals surface area contributed by atoms with Crippen molar-refractivity contribution < 1.29 is 8.98 Å². The lowest BCUT2D eigenvalue weighted by Crippen LogP contribution is -2.40. The summed E-state index contributed by atoms with van der Waals surface area (Å²) in [5, 5.41) is 2.29. The third-order valence-electron chi connectivity index (χ3n) is 11.8. The number of hydrogen-bond acceptors (Lipinski definition) is 2. The van der Waals surface area contributed by atoms with E-state index < -0.39 is 0 Å². The van der Waals surface area contributed by atoms with Crippen molar-refractivity contribution in [1.29, 1.82) is 0 Å². The largest absolute Gasteiger partial charge is 0.455 e. The molecule has 244 valence electrons. The van der Waals surface area contributed by atoms with Crippen molar-refractivity contribution in [3.05, 3.63) is 150 Å². The number of imidazole rings is 1. The van der Waals surface area contributed by atoms with Gasteiger partial charge in [-0.1, -0.05) is 119 Å². The van der Waals surface area contributed by atoms with E-state index >= 15 is 0 Å². The van der Waals surface area contributed by atoms with Crippen LogP contribution in [0, 0.1) is 0 Å². The molecule has 3 atom stereocenters. The lowest BCUT2D eigenvalue weighted by molar-refractivity contribution is -0.558. The summed E-state index contributed by atoms with van der Waals surface area (Å²) in [6.45, 7) is 16.1. The van der Waals surface area contributed by atoms with E-state index in [2.05, 4.69) is 134 Å². The molecular formula is C46H40N3O+. The summed E-state index contributed by atoms with van der Waals surface area (Å²) in [6.07, 6.45) is 4.52. The number of fused-ring (bicyclic) bond motifs is 14. The molecule has 0 aliphatic carbocycles. The van der Waals surface area contributed by atoms with Crippen molar-refractivity contribution in [3.8, 4) is 17.1 Å². The van der Waals surface area contributed by atoms with Crippen LogP contribution >= 0.6 is 0 Å². The van der Waals surface area contributed by atoms with Crippen LogP contribution in [0.2, 0.25) is 0 Å². The third-order valence-corrected chi connectivity index (χ3v) is 11.8. The van der Waals surface area contributed by atoms with Crippen molar-refractivity contribution in [3.63, 3.8) is 0 Å². The Kier molecular flexibility index (Phi) is 6.33. The number of hydrogen-bond donors (Lipinski definition) is 0. The van der Waals surface area contributed by atoms with Crippen molar-refractivity contribution in [2.24, 2.45) is 4.99 Å². The first-order valence-electron chi connectivity index (χ1n) is 18.1. The topological polar surface area (TPSA) is 34.3 Å². The van der Waals surface area contributed by atoms with E-state index in [0.29, 0.717) is 5.92 Å². The molecule has 0 radical (unpaired) electrons. The first-order chi connectivity index (χ1) is 24.4. The summed E-state index contributed by atoms with van der Waals surface area (Å²) >= 11 is 0. The average molecular weight is 651 g/mol. The molecule has 4 nitrogen and oxygen atoms in total. The summed E-state index contributed by atoms with van der Waals surface area (Å²) < 4.78 is 12.0. The van der Waals surface area contributed by atoms with Gasteiger partial charge >= 0.3 is 5.82 Å². The Hall–Kier alpha value is -5.48. The molecule has 3 aliphatic rings. The highest BCUT2D eigenvalue weighted by atomic mass is 16.3. The van der Waals surface area contributed by atoms with E-state index in [4.69, 9.17) is 16.0 Å². The minimum Gasteiger partial charge on any atom is -0.455 e. The van der Waals surface area contributed by atoms with Gasteiger partial charge in [0.05, 0.1) is 11.8 Å². The molecule has 0 fully saturated rings. The van der Waals surface area contributed by atoms with Gasteiger partial charge in [-0.05, 0) is 48.1 Å². The van der Waals surface area contributed by atoms with Gasteiger partial charge in [0.25, 0.3) is 0 Å². The zero-order valence-electron chi connectivity index (χ0n) is 28.9. The SMILES string of the molecule is C=CC1=NC2CC(=C)n3c([n+]4c5c(cccc53)C(C)c3cccc(C(C)C)c3-4)-c3c(ccc4c3oc3ccccc34)CCC2c2ccccc21. The monoisotopic (exact) mass is 650 g/mol. The Labute approximate surface area is 292 Å². The van der Waals surface area contributed by atoms with Crippen LogP contribution < -0.4 is 4.57 Å². The van der Waals surface area contributed by atoms with Crippen molar-refractivity contribution in [2.45, 2.75) is 63.8 Å². The number of nitrogens with zero attached hydrogens (tertiary/aromatic N) is 3. The van der Waals surface area contributed by atoms with Gasteiger partial charge in [0.2, 0.25) is 0 Å². The Balaban J connectivity index is 1.36. The van der Waals surface area contributed by atoms with Gasteiger partial charge in [0, 0.05) is 51.3 Å². The fourth-order valence-corrected chi connectivity index (χ4v) is 9.45. The Morgan fingerprint density at radius 1 is 0.880 bits per heavy atom. The molecule has 0 N–H and O–H groups in total. The fraction of sp³-hybridized carbons (Fsp3) is 0.217. The molecule has 10 rings (SSSR count). The Morgan fingerprint density at radius 3 is 2.52 bits per heavy atom. The predicted molar refractivity (Wildman–Crippen MR) is 206 cm³/mol. The Bertz CT molecular complexity index is 2630. The maximum atomic E-state index is 6.94. The number of para-hydroxylation sites is 3. The summed E-state index contributed by atoms with van der Waals surface area (Å²) in [5.74, 6) is 1.97. The predicted octanol–water partition coefficient (Wildman–Crippen LogP) is 11.0. The number of aliphatic imine (C=N–C) groups is 1. The van der Waals surface area contributed by atoms with Gasteiger partial charge in [-0.25, -0.2) is 0 Å². The highest BCUT2D eigenvalue weighted by molar-refractivity contribution is 6.11. The van der Waals surface area contributed by atoms with Crippen LogP contribution in [0.5, 0.6) is 0 Å². The molecular weight excluding hydrogens is 611 g/mol. The van der Waals surface area contributed by atoms with E-state index in [1.54, 1.807) is 0 Å². The number of allylic oxidation sites excluding steroid dienone is 1. The molecule has 5 aromatic carbocycles. The van der Waals surface area contributed by atoms with Crippen LogP contribution in [0.1, 0.15) is 84.7 Å². The van der Waals surface area contributed by atoms with Crippen LogP contribution in [0.25, 0.3) is 55.7 Å². The van der Waals surface area contributed by atoms with E-state index in [1.165, 1.54) is 55.7 Å². The summed E-state index contributed by atoms with van der Waals surface area (Å²) in [4.78, 5) is 5.42. The van der Waals surface area contributed by atoms with Crippen LogP contribution in [0.4, 0.5) is 0 Å². The number of furan rings is 1. The van der Waals surface area contributed by atoms with Gasteiger partial charge in [0.15, 0.2) is 16.6 Å². The first kappa shape index (κ1) is 29.4. The summed E-state index contributed by atoms with van der Waals surface area (Å²) in [6, 6.07) is 35.7. The summed E-state index contributed by atoms with van der Waals surface area (Å²) in [7, 11) is 0. The van der Waals surface area contributed by atoms with Gasteiger partial charge in [-0.2, -0.15) is 9.13 Å². The zero-order valence-corrected chi connectivity index (χ0v) is 28.9. The van der Waals surface area contributed by atoms with Crippen LogP contribution in [-0.4, -0.2) is 16.3 Å². The first-order valence-corrected chi connectivity index (χ1v) is 18.1. The minimum atomic E-state index is 0.0476. The van der Waals surface area contributed by atoms with Crippen molar-refractivity contribution in [2.75, 3.05) is 0 Å². The molecule has 50 heavy (non-hydrogen) atoms. The van der Waals surface area contributed by atoms with Crippen LogP contribution in [0.3, 0.4) is 0 Å². The molecule has 4 heteroatoms. The van der Waals surface area contributed by atoms with E-state index in [-0.39, 0.29) is 17.9 Å². The second-order valence-electron chi connectivity index (χ2n) is 14.7. The quantitative estimate of drug-likeness (QED) is 0.171. The third kappa shape index (κ3) is 3.93. The minimum absolute atomic E-state index is 0.0476. The number of aryl methyl sites for hydroxylation is 1. The normalized spacial score (nSPS) is 19.5. The van der Waals surface area contributed by atoms with Crippen molar-refractivity contribution >= 4 is 44.4 Å². The maximum absolute atomic E-state index is 6.94. The van der Waals surface area contributed by atoms with Crippen LogP contribution in [-0.2, 0) is 6.42 Å². The van der Waals surface area contributed by atoms with E-state index in [1.807, 2.05) is 6.08 Å². The zero-order chi connectivity index (χ0) is 33.8. The molecule has 2 aromatic heterocycles. The molecule has 7 aromatic rings. The molecule has 3 unspecified atom stereocenters. The molecule has 0 amide bonds. The number of benzene rings is 5. The molecule has 0 saturated heterocycles. The maximum Gasteiger partial charge on any atom is 0.304 e. The molecule has 5 heterocycles. The van der Waals surface area contributed by atoms with Gasteiger partial charge in [-0.3, -0.25) is 4.99 Å². The summed E-state index contributed by atoms with van der Waals surface area (Å²) in [5.41, 5.74) is 16.7. The van der Waals surface area contributed by atoms with E-state index in [0.717, 1.165) is 58.4 Å². The highest BCUT2D eigenvalue weighted by Crippen LogP contribution is 2.47. The van der Waals surface area contributed by atoms with Crippen molar-refractivity contribution in [1.82, 2.24) is 4.57 Å². The second-order valence-corrected chi connectivity index (χ2v) is 14.7. The fourth-order valence-electron chi connectivity index (χ4n) is 9.45. The lowest BCUT2D eigenvalue weighted by Gasteiger charge is -2.32. The molecule has 3 aliphatic heterocycles. The standard InChI is InChI=1S/C46H40N3O/c1-6-38-34-14-8-7-13-33(34)35-23-21-29-22-24-37-36-15-9-10-20-41(36)50-45(37)42(29)46-48(27(4)25-39(35)47-38)40-19-12-18-32-28(5)31-17-11-16-30(26(2)3)43(31)49(46)44(32)40/h6-20,22,24,26,28,35,39H,1,4,21,23,25H2,2-3,5H3/q+1. The van der Waals surface area contributed by atoms with Gasteiger partial charge in [0.1, 0.15) is 22.5 Å². The number of rotatable bonds is 2.